The Hall–Kier alpha value is -1.88. The molecule has 0 saturated carbocycles. The highest BCUT2D eigenvalue weighted by Crippen LogP contribution is 2.14. The maximum atomic E-state index is 11.5. The number of benzene rings is 1. The van der Waals surface area contributed by atoms with Crippen molar-refractivity contribution in [2.24, 2.45) is 5.73 Å². The number of carbonyl (C=O) groups excluding carboxylic acids is 1. The highest BCUT2D eigenvalue weighted by Gasteiger charge is 2.26. The first kappa shape index (κ1) is 11.6. The lowest BCUT2D eigenvalue weighted by molar-refractivity contribution is -0.128. The van der Waals surface area contributed by atoms with Gasteiger partial charge in [-0.15, -0.1) is 0 Å². The van der Waals surface area contributed by atoms with Crippen molar-refractivity contribution in [1.82, 2.24) is 4.90 Å². The molecule has 1 fully saturated rings. The van der Waals surface area contributed by atoms with E-state index in [1.807, 2.05) is 0 Å². The van der Waals surface area contributed by atoms with Crippen LogP contribution >= 0.6 is 0 Å². The number of carboxylic acids is 1. The first-order valence-electron chi connectivity index (χ1n) is 5.42. The first-order valence-corrected chi connectivity index (χ1v) is 5.42. The minimum absolute atomic E-state index is 0.0554. The van der Waals surface area contributed by atoms with E-state index in [0.717, 1.165) is 5.56 Å². The Morgan fingerprint density at radius 2 is 2.06 bits per heavy atom. The van der Waals surface area contributed by atoms with Gasteiger partial charge in [0.2, 0.25) is 5.91 Å². The molecular weight excluding hydrogens is 220 g/mol. The van der Waals surface area contributed by atoms with Crippen LogP contribution in [0.5, 0.6) is 0 Å². The lowest BCUT2D eigenvalue weighted by Gasteiger charge is -2.15. The van der Waals surface area contributed by atoms with Gasteiger partial charge in [-0.3, -0.25) is 4.79 Å². The van der Waals surface area contributed by atoms with Gasteiger partial charge in [-0.05, 0) is 17.7 Å². The fourth-order valence-corrected chi connectivity index (χ4v) is 1.93. The molecule has 0 radical (unpaired) electrons. The summed E-state index contributed by atoms with van der Waals surface area (Å²) in [5.74, 6) is -0.893. The van der Waals surface area contributed by atoms with Crippen LogP contribution in [0.15, 0.2) is 24.3 Å². The van der Waals surface area contributed by atoms with Crippen molar-refractivity contribution in [2.75, 3.05) is 6.54 Å². The van der Waals surface area contributed by atoms with Gasteiger partial charge in [0.05, 0.1) is 5.56 Å². The second kappa shape index (κ2) is 4.55. The van der Waals surface area contributed by atoms with E-state index in [0.29, 0.717) is 19.5 Å². The van der Waals surface area contributed by atoms with Crippen LogP contribution in [-0.4, -0.2) is 34.5 Å². The fourth-order valence-electron chi connectivity index (χ4n) is 1.93. The van der Waals surface area contributed by atoms with Crippen molar-refractivity contribution < 1.29 is 14.7 Å². The molecule has 1 heterocycles. The van der Waals surface area contributed by atoms with E-state index in [2.05, 4.69) is 0 Å². The molecule has 5 heteroatoms. The average Bonchev–Trinajstić information content (AvgIpc) is 2.58. The Kier molecular flexibility index (Phi) is 3.10. The minimum atomic E-state index is -0.948. The van der Waals surface area contributed by atoms with E-state index in [1.165, 1.54) is 12.1 Å². The van der Waals surface area contributed by atoms with Crippen molar-refractivity contribution in [3.05, 3.63) is 35.4 Å². The zero-order valence-electron chi connectivity index (χ0n) is 9.30. The number of carbonyl (C=O) groups is 2. The second-order valence-electron chi connectivity index (χ2n) is 4.24. The van der Waals surface area contributed by atoms with Crippen molar-refractivity contribution in [1.29, 1.82) is 0 Å². The number of aromatic carboxylic acids is 1. The number of rotatable bonds is 3. The lowest BCUT2D eigenvalue weighted by Crippen LogP contribution is -2.27. The van der Waals surface area contributed by atoms with Gasteiger partial charge in [0, 0.05) is 25.6 Å². The molecule has 0 bridgehead atoms. The van der Waals surface area contributed by atoms with E-state index >= 15 is 0 Å². The molecule has 1 aliphatic heterocycles. The van der Waals surface area contributed by atoms with Gasteiger partial charge in [0.15, 0.2) is 0 Å². The normalized spacial score (nSPS) is 19.7. The highest BCUT2D eigenvalue weighted by molar-refractivity contribution is 5.87. The third-order valence-electron chi connectivity index (χ3n) is 2.82. The Bertz CT molecular complexity index is 442. The van der Waals surface area contributed by atoms with Crippen LogP contribution in [0.25, 0.3) is 0 Å². The summed E-state index contributed by atoms with van der Waals surface area (Å²) in [6, 6.07) is 6.44. The molecule has 5 nitrogen and oxygen atoms in total. The molecule has 0 aromatic heterocycles. The van der Waals surface area contributed by atoms with Crippen molar-refractivity contribution in [3.8, 4) is 0 Å². The Morgan fingerprint density at radius 1 is 1.41 bits per heavy atom. The van der Waals surface area contributed by atoms with E-state index in [-0.39, 0.29) is 17.5 Å². The van der Waals surface area contributed by atoms with E-state index in [4.69, 9.17) is 10.8 Å². The summed E-state index contributed by atoms with van der Waals surface area (Å²) in [4.78, 5) is 23.9. The third kappa shape index (κ3) is 2.62. The van der Waals surface area contributed by atoms with Crippen LogP contribution in [-0.2, 0) is 11.3 Å². The zero-order valence-corrected chi connectivity index (χ0v) is 9.30. The Morgan fingerprint density at radius 3 is 2.53 bits per heavy atom. The quantitative estimate of drug-likeness (QED) is 0.795. The summed E-state index contributed by atoms with van der Waals surface area (Å²) in [6.45, 7) is 1.06. The highest BCUT2D eigenvalue weighted by atomic mass is 16.4. The van der Waals surface area contributed by atoms with Crippen LogP contribution in [0.1, 0.15) is 22.3 Å². The molecule has 17 heavy (non-hydrogen) atoms. The summed E-state index contributed by atoms with van der Waals surface area (Å²) in [5, 5.41) is 8.76. The van der Waals surface area contributed by atoms with Crippen molar-refractivity contribution in [2.45, 2.75) is 19.0 Å². The molecule has 90 valence electrons. The smallest absolute Gasteiger partial charge is 0.335 e. The predicted octanol–water partition coefficient (Wildman–Crippen LogP) is 0.444. The maximum Gasteiger partial charge on any atom is 0.335 e. The van der Waals surface area contributed by atoms with Crippen LogP contribution < -0.4 is 5.73 Å². The molecule has 1 aromatic rings. The van der Waals surface area contributed by atoms with Crippen LogP contribution in [0.2, 0.25) is 0 Å². The van der Waals surface area contributed by atoms with Crippen molar-refractivity contribution in [3.63, 3.8) is 0 Å². The molecule has 1 atom stereocenters. The summed E-state index contributed by atoms with van der Waals surface area (Å²) in [7, 11) is 0. The van der Waals surface area contributed by atoms with E-state index in [1.54, 1.807) is 17.0 Å². The van der Waals surface area contributed by atoms with Gasteiger partial charge in [-0.25, -0.2) is 4.79 Å². The minimum Gasteiger partial charge on any atom is -0.478 e. The number of amides is 1. The predicted molar refractivity (Wildman–Crippen MR) is 61.4 cm³/mol. The standard InChI is InChI=1S/C12H14N2O3/c13-10-5-11(15)14(7-10)6-8-1-3-9(4-2-8)12(16)17/h1-4,10H,5-7,13H2,(H,16,17). The molecular formula is C12H14N2O3. The number of likely N-dealkylation sites (tertiary alicyclic amines) is 1. The average molecular weight is 234 g/mol. The number of hydrogen-bond acceptors (Lipinski definition) is 3. The summed E-state index contributed by atoms with van der Waals surface area (Å²) in [5.41, 5.74) is 6.86. The first-order chi connectivity index (χ1) is 8.06. The molecule has 1 unspecified atom stereocenters. The molecule has 3 N–H and O–H groups in total. The number of nitrogens with two attached hydrogens (primary N) is 1. The van der Waals surface area contributed by atoms with Gasteiger partial charge in [-0.1, -0.05) is 12.1 Å². The molecule has 0 aliphatic carbocycles. The molecule has 0 spiro atoms. The third-order valence-corrected chi connectivity index (χ3v) is 2.82. The molecule has 1 saturated heterocycles. The Labute approximate surface area is 98.8 Å². The van der Waals surface area contributed by atoms with Crippen LogP contribution in [0.3, 0.4) is 0 Å². The van der Waals surface area contributed by atoms with E-state index < -0.39 is 5.97 Å². The van der Waals surface area contributed by atoms with E-state index in [9.17, 15) is 9.59 Å². The SMILES string of the molecule is NC1CC(=O)N(Cc2ccc(C(=O)O)cc2)C1. The Balaban J connectivity index is 2.04. The molecule has 1 aliphatic rings. The monoisotopic (exact) mass is 234 g/mol. The largest absolute Gasteiger partial charge is 0.478 e. The lowest BCUT2D eigenvalue weighted by atomic mass is 10.1. The second-order valence-corrected chi connectivity index (χ2v) is 4.24. The number of hydrogen-bond donors (Lipinski definition) is 2. The summed E-state index contributed by atoms with van der Waals surface area (Å²) < 4.78 is 0. The fraction of sp³-hybridized carbons (Fsp3) is 0.333. The molecule has 1 amide bonds. The van der Waals surface area contributed by atoms with Gasteiger partial charge in [0.25, 0.3) is 0 Å². The molecule has 1 aromatic carbocycles. The zero-order chi connectivity index (χ0) is 12.4. The molecule has 2 rings (SSSR count). The number of nitrogens with zero attached hydrogens (tertiary/aromatic N) is 1. The van der Waals surface area contributed by atoms with Crippen LogP contribution in [0, 0.1) is 0 Å². The number of carboxylic acid groups (broad SMARTS) is 1. The van der Waals surface area contributed by atoms with Crippen LogP contribution in [0.4, 0.5) is 0 Å². The summed E-state index contributed by atoms with van der Waals surface area (Å²) >= 11 is 0. The van der Waals surface area contributed by atoms with Gasteiger partial charge >= 0.3 is 5.97 Å². The maximum absolute atomic E-state index is 11.5. The van der Waals surface area contributed by atoms with Gasteiger partial charge < -0.3 is 15.7 Å². The topological polar surface area (TPSA) is 83.6 Å². The van der Waals surface area contributed by atoms with Crippen molar-refractivity contribution >= 4 is 11.9 Å². The van der Waals surface area contributed by atoms with Gasteiger partial charge in [0.1, 0.15) is 0 Å². The van der Waals surface area contributed by atoms with Gasteiger partial charge in [-0.2, -0.15) is 0 Å². The summed E-state index contributed by atoms with van der Waals surface area (Å²) in [6.07, 6.45) is 0.396.